The molecule has 0 aromatic heterocycles. The highest BCUT2D eigenvalue weighted by Crippen LogP contribution is 2.41. The summed E-state index contributed by atoms with van der Waals surface area (Å²) in [5.74, 6) is 0.441. The molecule has 126 valence electrons. The number of urea groups is 1. The summed E-state index contributed by atoms with van der Waals surface area (Å²) in [6.07, 6.45) is 1.95. The van der Waals surface area contributed by atoms with Crippen LogP contribution < -0.4 is 10.6 Å². The zero-order chi connectivity index (χ0) is 16.4. The Kier molecular flexibility index (Phi) is 4.57. The van der Waals surface area contributed by atoms with Crippen molar-refractivity contribution >= 4 is 15.9 Å². The third-order valence-corrected chi connectivity index (χ3v) is 6.35. The Morgan fingerprint density at radius 1 is 1.22 bits per heavy atom. The predicted molar refractivity (Wildman–Crippen MR) is 85.5 cm³/mol. The maximum Gasteiger partial charge on any atom is 0.315 e. The number of benzene rings is 1. The topological polar surface area (TPSA) is 75.3 Å². The van der Waals surface area contributed by atoms with Crippen LogP contribution in [0.2, 0.25) is 0 Å². The minimum absolute atomic E-state index is 0.0290. The van der Waals surface area contributed by atoms with Gasteiger partial charge in [-0.25, -0.2) is 17.6 Å². The smallest absolute Gasteiger partial charge is 0.315 e. The van der Waals surface area contributed by atoms with Crippen LogP contribution in [0.3, 0.4) is 0 Å². The third kappa shape index (κ3) is 4.22. The van der Waals surface area contributed by atoms with Crippen LogP contribution in [0.15, 0.2) is 24.3 Å². The minimum Gasteiger partial charge on any atom is -0.338 e. The van der Waals surface area contributed by atoms with Gasteiger partial charge in [0, 0.05) is 18.5 Å². The van der Waals surface area contributed by atoms with Crippen molar-refractivity contribution in [3.63, 3.8) is 0 Å². The second-order valence-electron chi connectivity index (χ2n) is 6.42. The molecule has 0 spiro atoms. The number of sulfone groups is 1. The standard InChI is InChI=1S/C16H21FN2O3S/c17-14-4-2-1-3-12(14)13-9-15(13)19-16(20)18-10-11-5-7-23(21,22)8-6-11/h1-4,11,13,15H,5-10H2,(H2,18,19,20)/t13-,15+/m0/s1. The summed E-state index contributed by atoms with van der Waals surface area (Å²) in [4.78, 5) is 11.9. The van der Waals surface area contributed by atoms with Crippen molar-refractivity contribution in [2.45, 2.75) is 31.2 Å². The quantitative estimate of drug-likeness (QED) is 0.878. The van der Waals surface area contributed by atoms with Crippen LogP contribution in [0, 0.1) is 11.7 Å². The number of hydrogen-bond acceptors (Lipinski definition) is 3. The predicted octanol–water partition coefficient (Wildman–Crippen LogP) is 1.81. The van der Waals surface area contributed by atoms with E-state index in [1.165, 1.54) is 6.07 Å². The van der Waals surface area contributed by atoms with E-state index in [0.717, 1.165) is 6.42 Å². The zero-order valence-electron chi connectivity index (χ0n) is 12.8. The van der Waals surface area contributed by atoms with Crippen molar-refractivity contribution in [2.24, 2.45) is 5.92 Å². The van der Waals surface area contributed by atoms with Crippen molar-refractivity contribution in [2.75, 3.05) is 18.1 Å². The van der Waals surface area contributed by atoms with Crippen LogP contribution >= 0.6 is 0 Å². The lowest BCUT2D eigenvalue weighted by Gasteiger charge is -2.22. The summed E-state index contributed by atoms with van der Waals surface area (Å²) in [7, 11) is -2.87. The zero-order valence-corrected chi connectivity index (χ0v) is 13.6. The van der Waals surface area contributed by atoms with Crippen molar-refractivity contribution in [1.29, 1.82) is 0 Å². The molecule has 1 aliphatic carbocycles. The summed E-state index contributed by atoms with van der Waals surface area (Å²) in [6, 6.07) is 6.34. The maximum absolute atomic E-state index is 13.7. The van der Waals surface area contributed by atoms with Gasteiger partial charge in [0.2, 0.25) is 0 Å². The normalized spacial score (nSPS) is 26.5. The van der Waals surface area contributed by atoms with Crippen LogP contribution in [0.1, 0.15) is 30.7 Å². The first-order valence-electron chi connectivity index (χ1n) is 7.94. The molecule has 2 atom stereocenters. The average molecular weight is 340 g/mol. The molecule has 1 saturated carbocycles. The number of carbonyl (C=O) groups excluding carboxylic acids is 1. The Balaban J connectivity index is 1.41. The van der Waals surface area contributed by atoms with Gasteiger partial charge in [-0.2, -0.15) is 0 Å². The SMILES string of the molecule is O=C(NCC1CCS(=O)(=O)CC1)N[C@@H]1C[C@H]1c1ccccc1F. The van der Waals surface area contributed by atoms with E-state index in [9.17, 15) is 17.6 Å². The highest BCUT2D eigenvalue weighted by molar-refractivity contribution is 7.91. The number of carbonyl (C=O) groups is 1. The molecule has 2 aliphatic rings. The van der Waals surface area contributed by atoms with Crippen molar-refractivity contribution in [1.82, 2.24) is 10.6 Å². The van der Waals surface area contributed by atoms with E-state index < -0.39 is 9.84 Å². The largest absolute Gasteiger partial charge is 0.338 e. The van der Waals surface area contributed by atoms with E-state index in [0.29, 0.717) is 24.9 Å². The monoisotopic (exact) mass is 340 g/mol. The molecule has 2 amide bonds. The van der Waals surface area contributed by atoms with Crippen LogP contribution in [0.5, 0.6) is 0 Å². The van der Waals surface area contributed by atoms with Gasteiger partial charge in [-0.1, -0.05) is 18.2 Å². The number of amides is 2. The van der Waals surface area contributed by atoms with Crippen LogP contribution in [-0.2, 0) is 9.84 Å². The Morgan fingerprint density at radius 2 is 1.91 bits per heavy atom. The highest BCUT2D eigenvalue weighted by atomic mass is 32.2. The molecule has 3 rings (SSSR count). The molecule has 1 aromatic rings. The Hall–Kier alpha value is -1.63. The number of hydrogen-bond donors (Lipinski definition) is 2. The fourth-order valence-corrected chi connectivity index (χ4v) is 4.66. The molecule has 0 radical (unpaired) electrons. The van der Waals surface area contributed by atoms with Crippen LogP contribution in [0.4, 0.5) is 9.18 Å². The van der Waals surface area contributed by atoms with Gasteiger partial charge in [-0.3, -0.25) is 0 Å². The number of halogens is 1. The first kappa shape index (κ1) is 16.2. The van der Waals surface area contributed by atoms with E-state index in [-0.39, 0.29) is 41.2 Å². The minimum atomic E-state index is -2.87. The van der Waals surface area contributed by atoms with Gasteiger partial charge < -0.3 is 10.6 Å². The van der Waals surface area contributed by atoms with Gasteiger partial charge >= 0.3 is 6.03 Å². The molecule has 0 unspecified atom stereocenters. The summed E-state index contributed by atoms with van der Waals surface area (Å²) in [6.45, 7) is 0.485. The van der Waals surface area contributed by atoms with E-state index in [1.54, 1.807) is 18.2 Å². The van der Waals surface area contributed by atoms with E-state index >= 15 is 0 Å². The van der Waals surface area contributed by atoms with E-state index in [2.05, 4.69) is 10.6 Å². The van der Waals surface area contributed by atoms with Gasteiger partial charge in [0.15, 0.2) is 0 Å². The first-order chi connectivity index (χ1) is 10.9. The summed E-state index contributed by atoms with van der Waals surface area (Å²) >= 11 is 0. The molecule has 2 N–H and O–H groups in total. The lowest BCUT2D eigenvalue weighted by molar-refractivity contribution is 0.237. The third-order valence-electron chi connectivity index (χ3n) is 4.64. The second kappa shape index (κ2) is 6.47. The van der Waals surface area contributed by atoms with Crippen molar-refractivity contribution in [3.8, 4) is 0 Å². The van der Waals surface area contributed by atoms with Gasteiger partial charge in [0.1, 0.15) is 15.7 Å². The Bertz CT molecular complexity index is 678. The molecule has 1 saturated heterocycles. The lowest BCUT2D eigenvalue weighted by atomic mass is 10.0. The molecule has 7 heteroatoms. The van der Waals surface area contributed by atoms with Crippen LogP contribution in [0.25, 0.3) is 0 Å². The fraction of sp³-hybridized carbons (Fsp3) is 0.562. The average Bonchev–Trinajstić information content (AvgIpc) is 3.25. The molecular formula is C16H21FN2O3S. The molecule has 5 nitrogen and oxygen atoms in total. The van der Waals surface area contributed by atoms with Crippen molar-refractivity contribution < 1.29 is 17.6 Å². The van der Waals surface area contributed by atoms with Gasteiger partial charge in [-0.05, 0) is 36.8 Å². The molecular weight excluding hydrogens is 319 g/mol. The van der Waals surface area contributed by atoms with Gasteiger partial charge in [0.25, 0.3) is 0 Å². The molecule has 1 aromatic carbocycles. The first-order valence-corrected chi connectivity index (χ1v) is 9.76. The summed E-state index contributed by atoms with van der Waals surface area (Å²) < 4.78 is 36.4. The molecule has 2 fully saturated rings. The van der Waals surface area contributed by atoms with Crippen molar-refractivity contribution in [3.05, 3.63) is 35.6 Å². The van der Waals surface area contributed by atoms with Gasteiger partial charge in [-0.15, -0.1) is 0 Å². The molecule has 1 aliphatic heterocycles. The summed E-state index contributed by atoms with van der Waals surface area (Å²) in [5.41, 5.74) is 0.648. The van der Waals surface area contributed by atoms with E-state index in [1.807, 2.05) is 0 Å². The summed E-state index contributed by atoms with van der Waals surface area (Å²) in [5, 5.41) is 5.65. The molecule has 1 heterocycles. The molecule has 23 heavy (non-hydrogen) atoms. The maximum atomic E-state index is 13.7. The van der Waals surface area contributed by atoms with E-state index in [4.69, 9.17) is 0 Å². The van der Waals surface area contributed by atoms with Gasteiger partial charge in [0.05, 0.1) is 11.5 Å². The Labute approximate surface area is 135 Å². The fourth-order valence-electron chi connectivity index (χ4n) is 3.07. The second-order valence-corrected chi connectivity index (χ2v) is 8.72. The van der Waals surface area contributed by atoms with Crippen LogP contribution in [-0.4, -0.2) is 38.5 Å². The Morgan fingerprint density at radius 3 is 2.61 bits per heavy atom. The number of nitrogens with one attached hydrogen (secondary N) is 2. The molecule has 0 bridgehead atoms. The number of rotatable bonds is 4. The highest BCUT2D eigenvalue weighted by Gasteiger charge is 2.41. The lowest BCUT2D eigenvalue weighted by Crippen LogP contribution is -2.41.